The Kier molecular flexibility index (Phi) is 4.30. The molecule has 1 amide bonds. The lowest BCUT2D eigenvalue weighted by Gasteiger charge is -2.32. The topological polar surface area (TPSA) is 74.2 Å². The zero-order valence-electron chi connectivity index (χ0n) is 12.6. The van der Waals surface area contributed by atoms with Crippen LogP contribution in [0.25, 0.3) is 0 Å². The Morgan fingerprint density at radius 3 is 2.45 bits per heavy atom. The molecule has 3 heterocycles. The molecule has 1 aliphatic rings. The average Bonchev–Trinajstić information content (AvgIpc) is 2.95. The van der Waals surface area contributed by atoms with Crippen LogP contribution >= 0.6 is 11.3 Å². The number of anilines is 2. The third-order valence-electron chi connectivity index (χ3n) is 3.63. The first-order valence-electron chi connectivity index (χ1n) is 7.10. The highest BCUT2D eigenvalue weighted by molar-refractivity contribution is 7.12. The summed E-state index contributed by atoms with van der Waals surface area (Å²) < 4.78 is 0. The molecule has 3 rings (SSSR count). The van der Waals surface area contributed by atoms with E-state index >= 15 is 0 Å². The van der Waals surface area contributed by atoms with Gasteiger partial charge in [-0.1, -0.05) is 0 Å². The molecule has 0 aliphatic carbocycles. The molecule has 0 saturated carbocycles. The van der Waals surface area contributed by atoms with E-state index in [9.17, 15) is 4.79 Å². The smallest absolute Gasteiger partial charge is 0.267 e. The first-order valence-corrected chi connectivity index (χ1v) is 7.98. The van der Waals surface area contributed by atoms with E-state index in [2.05, 4.69) is 37.1 Å². The zero-order valence-corrected chi connectivity index (χ0v) is 13.4. The van der Waals surface area contributed by atoms with Crippen molar-refractivity contribution >= 4 is 28.9 Å². The zero-order chi connectivity index (χ0) is 15.5. The first kappa shape index (κ1) is 14.9. The first-order chi connectivity index (χ1) is 10.6. The lowest BCUT2D eigenvalue weighted by molar-refractivity contribution is 0.102. The molecular formula is C14H18N6OS. The SMILES string of the molecule is Cc1ncsc1C(=O)Nc1cnc(N2CCN(C)CC2)nc1. The van der Waals surface area contributed by atoms with Gasteiger partial charge in [0.05, 0.1) is 29.3 Å². The molecule has 7 nitrogen and oxygen atoms in total. The number of aromatic nitrogens is 3. The summed E-state index contributed by atoms with van der Waals surface area (Å²) in [7, 11) is 2.11. The number of likely N-dealkylation sites (N-methyl/N-ethyl adjacent to an activating group) is 1. The maximum Gasteiger partial charge on any atom is 0.267 e. The summed E-state index contributed by atoms with van der Waals surface area (Å²) in [6.07, 6.45) is 3.30. The molecule has 1 aliphatic heterocycles. The van der Waals surface area contributed by atoms with Crippen LogP contribution in [-0.2, 0) is 0 Å². The van der Waals surface area contributed by atoms with Gasteiger partial charge in [-0.05, 0) is 14.0 Å². The largest absolute Gasteiger partial charge is 0.338 e. The van der Waals surface area contributed by atoms with Crippen LogP contribution in [0, 0.1) is 6.92 Å². The van der Waals surface area contributed by atoms with Gasteiger partial charge in [-0.2, -0.15) is 0 Å². The van der Waals surface area contributed by atoms with Crippen LogP contribution in [0.15, 0.2) is 17.9 Å². The molecule has 0 atom stereocenters. The molecular weight excluding hydrogens is 300 g/mol. The maximum atomic E-state index is 12.1. The van der Waals surface area contributed by atoms with Crippen LogP contribution in [0.5, 0.6) is 0 Å². The number of rotatable bonds is 3. The molecule has 8 heteroatoms. The Balaban J connectivity index is 1.64. The van der Waals surface area contributed by atoms with Crippen molar-refractivity contribution in [3.63, 3.8) is 0 Å². The van der Waals surface area contributed by atoms with E-state index in [0.717, 1.165) is 31.9 Å². The number of aryl methyl sites for hydroxylation is 1. The van der Waals surface area contributed by atoms with Gasteiger partial charge in [0.25, 0.3) is 5.91 Å². The summed E-state index contributed by atoms with van der Waals surface area (Å²) in [5.41, 5.74) is 2.99. The molecule has 0 aromatic carbocycles. The van der Waals surface area contributed by atoms with Crippen molar-refractivity contribution < 1.29 is 4.79 Å². The predicted octanol–water partition coefficient (Wildman–Crippen LogP) is 1.25. The Hall–Kier alpha value is -2.06. The average molecular weight is 318 g/mol. The minimum Gasteiger partial charge on any atom is -0.338 e. The van der Waals surface area contributed by atoms with Gasteiger partial charge in [-0.15, -0.1) is 11.3 Å². The molecule has 116 valence electrons. The summed E-state index contributed by atoms with van der Waals surface area (Å²) >= 11 is 1.33. The van der Waals surface area contributed by atoms with Gasteiger partial charge < -0.3 is 15.1 Å². The predicted molar refractivity (Wildman–Crippen MR) is 86.5 cm³/mol. The number of nitrogens with one attached hydrogen (secondary N) is 1. The fourth-order valence-electron chi connectivity index (χ4n) is 2.26. The van der Waals surface area contributed by atoms with Crippen LogP contribution < -0.4 is 10.2 Å². The Bertz CT molecular complexity index is 648. The van der Waals surface area contributed by atoms with E-state index < -0.39 is 0 Å². The van der Waals surface area contributed by atoms with E-state index in [1.165, 1.54) is 11.3 Å². The minimum absolute atomic E-state index is 0.170. The third kappa shape index (κ3) is 3.23. The fourth-order valence-corrected chi connectivity index (χ4v) is 2.96. The number of amides is 1. The molecule has 2 aromatic rings. The number of nitrogens with zero attached hydrogens (tertiary/aromatic N) is 5. The van der Waals surface area contributed by atoms with Crippen molar-refractivity contribution in [2.24, 2.45) is 0 Å². The summed E-state index contributed by atoms with van der Waals surface area (Å²) in [5, 5.41) is 2.80. The highest BCUT2D eigenvalue weighted by Gasteiger charge is 2.17. The van der Waals surface area contributed by atoms with Crippen molar-refractivity contribution in [3.05, 3.63) is 28.5 Å². The second-order valence-corrected chi connectivity index (χ2v) is 6.14. The molecule has 0 unspecified atom stereocenters. The van der Waals surface area contributed by atoms with Crippen LogP contribution in [0.1, 0.15) is 15.4 Å². The molecule has 0 bridgehead atoms. The molecule has 2 aromatic heterocycles. The molecule has 1 saturated heterocycles. The van der Waals surface area contributed by atoms with Gasteiger partial charge in [0.1, 0.15) is 4.88 Å². The summed E-state index contributed by atoms with van der Waals surface area (Å²) in [6, 6.07) is 0. The monoisotopic (exact) mass is 318 g/mol. The number of hydrogen-bond acceptors (Lipinski definition) is 7. The van der Waals surface area contributed by atoms with Crippen molar-refractivity contribution in [2.45, 2.75) is 6.92 Å². The third-order valence-corrected chi connectivity index (χ3v) is 4.56. The lowest BCUT2D eigenvalue weighted by Crippen LogP contribution is -2.45. The number of carbonyl (C=O) groups is 1. The summed E-state index contributed by atoms with van der Waals surface area (Å²) in [5.74, 6) is 0.538. The number of piperazine rings is 1. The van der Waals surface area contributed by atoms with Gasteiger partial charge >= 0.3 is 0 Å². The number of carbonyl (C=O) groups excluding carboxylic acids is 1. The maximum absolute atomic E-state index is 12.1. The summed E-state index contributed by atoms with van der Waals surface area (Å²) in [6.45, 7) is 5.67. The van der Waals surface area contributed by atoms with Gasteiger partial charge in [0.15, 0.2) is 0 Å². The highest BCUT2D eigenvalue weighted by Crippen LogP contribution is 2.16. The summed E-state index contributed by atoms with van der Waals surface area (Å²) in [4.78, 5) is 29.9. The van der Waals surface area contributed by atoms with Crippen LogP contribution in [0.3, 0.4) is 0 Å². The Morgan fingerprint density at radius 1 is 1.18 bits per heavy atom. The van der Waals surface area contributed by atoms with Gasteiger partial charge in [0.2, 0.25) is 5.95 Å². The van der Waals surface area contributed by atoms with Crippen LogP contribution in [0.2, 0.25) is 0 Å². The van der Waals surface area contributed by atoms with Crippen LogP contribution in [0.4, 0.5) is 11.6 Å². The second-order valence-electron chi connectivity index (χ2n) is 5.28. The van der Waals surface area contributed by atoms with Gasteiger partial charge in [-0.25, -0.2) is 15.0 Å². The molecule has 1 N–H and O–H groups in total. The van der Waals surface area contributed by atoms with E-state index in [1.807, 2.05) is 6.92 Å². The van der Waals surface area contributed by atoms with E-state index in [1.54, 1.807) is 17.9 Å². The van der Waals surface area contributed by atoms with Gasteiger partial charge in [0, 0.05) is 26.2 Å². The quantitative estimate of drug-likeness (QED) is 0.918. The van der Waals surface area contributed by atoms with Crippen molar-refractivity contribution in [3.8, 4) is 0 Å². The van der Waals surface area contributed by atoms with E-state index in [-0.39, 0.29) is 5.91 Å². The Morgan fingerprint density at radius 2 is 1.86 bits per heavy atom. The number of hydrogen-bond donors (Lipinski definition) is 1. The van der Waals surface area contributed by atoms with Crippen molar-refractivity contribution in [1.29, 1.82) is 0 Å². The van der Waals surface area contributed by atoms with Crippen LogP contribution in [-0.4, -0.2) is 59.0 Å². The van der Waals surface area contributed by atoms with Crippen molar-refractivity contribution in [2.75, 3.05) is 43.4 Å². The normalized spacial score (nSPS) is 15.8. The number of thiazole rings is 1. The van der Waals surface area contributed by atoms with Crippen molar-refractivity contribution in [1.82, 2.24) is 19.9 Å². The molecule has 22 heavy (non-hydrogen) atoms. The fraction of sp³-hybridized carbons (Fsp3) is 0.429. The Labute approximate surface area is 133 Å². The highest BCUT2D eigenvalue weighted by atomic mass is 32.1. The molecule has 0 radical (unpaired) electrons. The van der Waals surface area contributed by atoms with E-state index in [0.29, 0.717) is 16.5 Å². The van der Waals surface area contributed by atoms with Gasteiger partial charge in [-0.3, -0.25) is 4.79 Å². The van der Waals surface area contributed by atoms with E-state index in [4.69, 9.17) is 0 Å². The standard InChI is InChI=1S/C14H18N6OS/c1-10-12(22-9-17-10)13(21)18-11-7-15-14(16-8-11)20-5-3-19(2)4-6-20/h7-9H,3-6H2,1-2H3,(H,18,21). The minimum atomic E-state index is -0.170. The second kappa shape index (κ2) is 6.37. The molecule has 1 fully saturated rings. The molecule has 0 spiro atoms. The lowest BCUT2D eigenvalue weighted by atomic mass is 10.3.